The normalized spacial score (nSPS) is 18.5. The summed E-state index contributed by atoms with van der Waals surface area (Å²) in [4.78, 5) is 0. The summed E-state index contributed by atoms with van der Waals surface area (Å²) in [5, 5.41) is 3.81. The van der Waals surface area contributed by atoms with Gasteiger partial charge in [-0.05, 0) is 37.5 Å². The first-order chi connectivity index (χ1) is 9.26. The van der Waals surface area contributed by atoms with E-state index in [4.69, 9.17) is 0 Å². The first-order valence-electron chi connectivity index (χ1n) is 8.99. The minimum Gasteiger partial charge on any atom is -0.313 e. The molecule has 0 heterocycles. The lowest BCUT2D eigenvalue weighted by molar-refractivity contribution is 0.203. The molecular weight excluding hydrogens is 230 g/mol. The zero-order valence-corrected chi connectivity index (χ0v) is 13.8. The molecule has 0 aliphatic heterocycles. The average molecular weight is 268 g/mol. The van der Waals surface area contributed by atoms with Gasteiger partial charge >= 0.3 is 0 Å². The van der Waals surface area contributed by atoms with E-state index in [1.54, 1.807) is 0 Å². The van der Waals surface area contributed by atoms with Crippen molar-refractivity contribution in [1.29, 1.82) is 0 Å². The van der Waals surface area contributed by atoms with E-state index in [0.29, 0.717) is 5.41 Å². The first-order valence-corrected chi connectivity index (χ1v) is 8.99. The molecule has 1 aliphatic rings. The zero-order valence-electron chi connectivity index (χ0n) is 13.8. The van der Waals surface area contributed by atoms with Gasteiger partial charge in [0.25, 0.3) is 0 Å². The van der Waals surface area contributed by atoms with Crippen molar-refractivity contribution in [3.05, 3.63) is 0 Å². The van der Waals surface area contributed by atoms with Gasteiger partial charge in [-0.3, -0.25) is 0 Å². The molecule has 0 bridgehead atoms. The molecule has 114 valence electrons. The van der Waals surface area contributed by atoms with Crippen LogP contribution >= 0.6 is 0 Å². The van der Waals surface area contributed by atoms with Gasteiger partial charge in [-0.1, -0.05) is 65.7 Å². The summed E-state index contributed by atoms with van der Waals surface area (Å²) in [6.07, 6.45) is 17.0. The maximum atomic E-state index is 3.81. The van der Waals surface area contributed by atoms with E-state index >= 15 is 0 Å². The molecule has 1 nitrogen and oxygen atoms in total. The van der Waals surface area contributed by atoms with Gasteiger partial charge in [-0.25, -0.2) is 0 Å². The maximum absolute atomic E-state index is 3.81. The summed E-state index contributed by atoms with van der Waals surface area (Å²) < 4.78 is 0. The van der Waals surface area contributed by atoms with Crippen molar-refractivity contribution in [3.8, 4) is 0 Å². The Hall–Kier alpha value is -0.0400. The van der Waals surface area contributed by atoms with Crippen LogP contribution in [0.1, 0.15) is 97.8 Å². The van der Waals surface area contributed by atoms with E-state index in [-0.39, 0.29) is 0 Å². The standard InChI is InChI=1S/C18H37N/c1-4-7-9-10-11-15-18(6-3,14-8-5-2)16-19-17-12-13-17/h17,19H,4-16H2,1-3H3. The molecule has 0 saturated heterocycles. The molecule has 1 aliphatic carbocycles. The second-order valence-corrected chi connectivity index (χ2v) is 6.78. The lowest BCUT2D eigenvalue weighted by Gasteiger charge is -2.34. The molecule has 1 N–H and O–H groups in total. The monoisotopic (exact) mass is 267 g/mol. The number of nitrogens with one attached hydrogen (secondary N) is 1. The lowest BCUT2D eigenvalue weighted by Crippen LogP contribution is -2.35. The highest BCUT2D eigenvalue weighted by atomic mass is 15.0. The second-order valence-electron chi connectivity index (χ2n) is 6.78. The van der Waals surface area contributed by atoms with Gasteiger partial charge in [0.05, 0.1) is 0 Å². The smallest absolute Gasteiger partial charge is 0.00684 e. The Balaban J connectivity index is 2.30. The van der Waals surface area contributed by atoms with Gasteiger partial charge in [-0.15, -0.1) is 0 Å². The minimum atomic E-state index is 0.602. The number of unbranched alkanes of at least 4 members (excludes halogenated alkanes) is 5. The Labute approximate surface area is 121 Å². The van der Waals surface area contributed by atoms with Gasteiger partial charge in [-0.2, -0.15) is 0 Å². The predicted molar refractivity (Wildman–Crippen MR) is 86.6 cm³/mol. The van der Waals surface area contributed by atoms with Crippen molar-refractivity contribution in [3.63, 3.8) is 0 Å². The van der Waals surface area contributed by atoms with E-state index in [1.165, 1.54) is 83.6 Å². The van der Waals surface area contributed by atoms with E-state index in [1.807, 2.05) is 0 Å². The average Bonchev–Trinajstić information content (AvgIpc) is 3.25. The first kappa shape index (κ1) is 17.0. The van der Waals surface area contributed by atoms with Crippen LogP contribution in [0.5, 0.6) is 0 Å². The van der Waals surface area contributed by atoms with Crippen LogP contribution < -0.4 is 5.32 Å². The quantitative estimate of drug-likeness (QED) is 0.423. The molecule has 1 unspecified atom stereocenters. The highest BCUT2D eigenvalue weighted by molar-refractivity contribution is 4.87. The third-order valence-corrected chi connectivity index (χ3v) is 4.96. The fourth-order valence-electron chi connectivity index (χ4n) is 3.08. The van der Waals surface area contributed by atoms with E-state index in [0.717, 1.165) is 6.04 Å². The summed E-state index contributed by atoms with van der Waals surface area (Å²) in [6.45, 7) is 8.32. The number of hydrogen-bond acceptors (Lipinski definition) is 1. The van der Waals surface area contributed by atoms with Crippen molar-refractivity contribution in [2.45, 2.75) is 104 Å². The summed E-state index contributed by atoms with van der Waals surface area (Å²) in [6, 6.07) is 0.868. The van der Waals surface area contributed by atoms with Gasteiger partial charge in [0.2, 0.25) is 0 Å². The molecule has 0 aromatic carbocycles. The van der Waals surface area contributed by atoms with Crippen LogP contribution in [0.15, 0.2) is 0 Å². The van der Waals surface area contributed by atoms with Crippen LogP contribution in [-0.4, -0.2) is 12.6 Å². The summed E-state index contributed by atoms with van der Waals surface area (Å²) in [7, 11) is 0. The lowest BCUT2D eigenvalue weighted by atomic mass is 9.75. The van der Waals surface area contributed by atoms with Crippen molar-refractivity contribution in [2.24, 2.45) is 5.41 Å². The fraction of sp³-hybridized carbons (Fsp3) is 1.00. The SMILES string of the molecule is CCCCCCCC(CC)(CCCC)CNC1CC1. The molecule has 1 heteroatoms. The van der Waals surface area contributed by atoms with Crippen LogP contribution in [0.4, 0.5) is 0 Å². The van der Waals surface area contributed by atoms with E-state index in [2.05, 4.69) is 26.1 Å². The molecule has 0 aromatic heterocycles. The Morgan fingerprint density at radius 3 is 2.05 bits per heavy atom. The molecule has 1 fully saturated rings. The highest BCUT2D eigenvalue weighted by Gasteiger charge is 2.30. The molecule has 0 radical (unpaired) electrons. The van der Waals surface area contributed by atoms with Crippen molar-refractivity contribution in [2.75, 3.05) is 6.54 Å². The van der Waals surface area contributed by atoms with Gasteiger partial charge in [0, 0.05) is 12.6 Å². The maximum Gasteiger partial charge on any atom is 0.00684 e. The van der Waals surface area contributed by atoms with Crippen molar-refractivity contribution in [1.82, 2.24) is 5.32 Å². The van der Waals surface area contributed by atoms with Crippen LogP contribution in [0.25, 0.3) is 0 Å². The van der Waals surface area contributed by atoms with Crippen LogP contribution in [-0.2, 0) is 0 Å². The second kappa shape index (κ2) is 9.80. The molecule has 1 saturated carbocycles. The molecule has 1 rings (SSSR count). The Bertz CT molecular complexity index is 210. The predicted octanol–water partition coefficient (Wildman–Crippen LogP) is 5.69. The highest BCUT2D eigenvalue weighted by Crippen LogP contribution is 2.35. The summed E-state index contributed by atoms with van der Waals surface area (Å²) in [5.74, 6) is 0. The van der Waals surface area contributed by atoms with Gasteiger partial charge < -0.3 is 5.32 Å². The summed E-state index contributed by atoms with van der Waals surface area (Å²) in [5.41, 5.74) is 0.602. The Kier molecular flexibility index (Phi) is 8.77. The Morgan fingerprint density at radius 2 is 1.47 bits per heavy atom. The summed E-state index contributed by atoms with van der Waals surface area (Å²) >= 11 is 0. The molecule has 0 spiro atoms. The van der Waals surface area contributed by atoms with Gasteiger partial charge in [0.1, 0.15) is 0 Å². The van der Waals surface area contributed by atoms with E-state index in [9.17, 15) is 0 Å². The van der Waals surface area contributed by atoms with Crippen molar-refractivity contribution >= 4 is 0 Å². The molecule has 19 heavy (non-hydrogen) atoms. The third kappa shape index (κ3) is 7.34. The van der Waals surface area contributed by atoms with Crippen LogP contribution in [0.3, 0.4) is 0 Å². The van der Waals surface area contributed by atoms with Crippen LogP contribution in [0.2, 0.25) is 0 Å². The van der Waals surface area contributed by atoms with Crippen molar-refractivity contribution < 1.29 is 0 Å². The minimum absolute atomic E-state index is 0.602. The fourth-order valence-corrected chi connectivity index (χ4v) is 3.08. The Morgan fingerprint density at radius 1 is 0.842 bits per heavy atom. The molecular formula is C18H37N. The zero-order chi connectivity index (χ0) is 14.0. The molecule has 1 atom stereocenters. The largest absolute Gasteiger partial charge is 0.313 e. The topological polar surface area (TPSA) is 12.0 Å². The van der Waals surface area contributed by atoms with E-state index < -0.39 is 0 Å². The molecule has 0 aromatic rings. The van der Waals surface area contributed by atoms with Crippen LogP contribution in [0, 0.1) is 5.41 Å². The van der Waals surface area contributed by atoms with Gasteiger partial charge in [0.15, 0.2) is 0 Å². The molecule has 0 amide bonds. The number of hydrogen-bond donors (Lipinski definition) is 1. The third-order valence-electron chi connectivity index (χ3n) is 4.96. The number of rotatable bonds is 13.